The summed E-state index contributed by atoms with van der Waals surface area (Å²) in [7, 11) is -39.3. The smallest absolute Gasteiger partial charge is 0.367 e. The second-order valence-electron chi connectivity index (χ2n) is 32.6. The molecule has 20 N–H and O–H groups in total. The molecule has 12 rings (SSSR count). The third-order valence-electron chi connectivity index (χ3n) is 20.3. The van der Waals surface area contributed by atoms with Gasteiger partial charge >= 0.3 is 53.4 Å². The fourth-order valence-electron chi connectivity index (χ4n) is 13.5. The number of nitro benzene ring substituents is 1. The predicted octanol–water partition coefficient (Wildman–Crippen LogP) is 13.7. The summed E-state index contributed by atoms with van der Waals surface area (Å²) >= 11 is 7.22. The number of carboxylic acids is 2. The maximum Gasteiger partial charge on any atom is 0.367 e. The van der Waals surface area contributed by atoms with Crippen molar-refractivity contribution in [1.29, 1.82) is 0 Å². The van der Waals surface area contributed by atoms with Crippen LogP contribution in [0.5, 0.6) is 23.0 Å². The highest BCUT2D eigenvalue weighted by Gasteiger charge is 2.57. The van der Waals surface area contributed by atoms with Crippen LogP contribution in [0.4, 0.5) is 27.9 Å². The van der Waals surface area contributed by atoms with Crippen LogP contribution in [-0.4, -0.2) is 196 Å². The molecule has 6 atom stereocenters. The number of carbonyl (C=O) groups excluding carboxylic acids is 1. The second-order valence-corrected chi connectivity index (χ2v) is 55.1. The number of hydrogen-bond acceptors (Lipinski definition) is 25. The van der Waals surface area contributed by atoms with Gasteiger partial charge in [0, 0.05) is 108 Å². The number of nitrogens with one attached hydrogen (secondary N) is 3. The molecule has 147 heavy (non-hydrogen) atoms. The molecule has 0 bridgehead atoms. The lowest BCUT2D eigenvalue weighted by molar-refractivity contribution is -0.686. The number of benzene rings is 11. The Morgan fingerprint density at radius 3 is 1.34 bits per heavy atom. The first-order chi connectivity index (χ1) is 68.5. The number of aromatic nitrogens is 1. The van der Waals surface area contributed by atoms with Gasteiger partial charge in [-0.1, -0.05) is 200 Å². The van der Waals surface area contributed by atoms with Crippen molar-refractivity contribution < 1.29 is 168 Å². The van der Waals surface area contributed by atoms with Crippen molar-refractivity contribution in [2.75, 3.05) is 94.7 Å². The molecule has 41 nitrogen and oxygen atoms in total. The van der Waals surface area contributed by atoms with Gasteiger partial charge in [0.1, 0.15) is 34.5 Å². The Kier molecular flexibility index (Phi) is 48.6. The number of anilines is 4. The van der Waals surface area contributed by atoms with Crippen molar-refractivity contribution >= 4 is 186 Å². The molecule has 0 fully saturated rings. The zero-order valence-corrected chi connectivity index (χ0v) is 90.6. The number of carbonyl (C=O) groups is 3. The molecule has 0 aliphatic heterocycles. The molecule has 0 spiro atoms. The maximum absolute atomic E-state index is 14.7. The Morgan fingerprint density at radius 1 is 0.497 bits per heavy atom. The second kappa shape index (κ2) is 57.0. The summed E-state index contributed by atoms with van der Waals surface area (Å²) in [6, 6.07) is 78.7. The topological polar surface area (TPSA) is 680 Å². The highest BCUT2D eigenvalue weighted by atomic mass is 35.5. The molecule has 6 unspecified atom stereocenters. The van der Waals surface area contributed by atoms with Crippen LogP contribution < -0.4 is 77.2 Å². The first kappa shape index (κ1) is 125. The normalized spacial score (nSPS) is 13.8. The number of phenols is 1. The van der Waals surface area contributed by atoms with Gasteiger partial charge in [0.15, 0.2) is 25.0 Å². The van der Waals surface area contributed by atoms with Crippen molar-refractivity contribution in [3.63, 3.8) is 0 Å². The van der Waals surface area contributed by atoms with Gasteiger partial charge in [0.25, 0.3) is 5.69 Å². The Morgan fingerprint density at radius 2 is 0.912 bits per heavy atom. The summed E-state index contributed by atoms with van der Waals surface area (Å²) in [5.41, 5.74) is 4.03. The Hall–Kier alpha value is -10.3. The quantitative estimate of drug-likeness (QED) is 0.00322. The number of ether oxygens (including phenoxy) is 3. The van der Waals surface area contributed by atoms with E-state index in [0.717, 1.165) is 52.2 Å². The average molecular weight is 2270 g/mol. The number of aryl methyl sites for hydroxylation is 3. The lowest BCUT2D eigenvalue weighted by atomic mass is 10.1. The number of phenolic OH excluding ortho intramolecular Hbond substituents is 1. The minimum Gasteiger partial charge on any atom is -0.504 e. The lowest BCUT2D eigenvalue weighted by Crippen LogP contribution is -2.41. The summed E-state index contributed by atoms with van der Waals surface area (Å²) in [6.07, 6.45) is 1.68. The van der Waals surface area contributed by atoms with Gasteiger partial charge in [-0.15, -0.1) is 0 Å². The molecule has 0 saturated heterocycles. The van der Waals surface area contributed by atoms with E-state index in [0.29, 0.717) is 89.1 Å². The number of hydrogen-bond donors (Lipinski definition) is 20. The molecule has 0 saturated carbocycles. The van der Waals surface area contributed by atoms with Gasteiger partial charge < -0.3 is 113 Å². The van der Waals surface area contributed by atoms with Gasteiger partial charge in [-0.2, -0.15) is 0 Å². The van der Waals surface area contributed by atoms with E-state index in [1.54, 1.807) is 120 Å². The number of aromatic hydroxyl groups is 1. The molecule has 0 radical (unpaired) electrons. The zero-order chi connectivity index (χ0) is 110. The van der Waals surface area contributed by atoms with Crippen LogP contribution in [0.3, 0.4) is 0 Å². The standard InChI is InChI=1S/C28H29NO3P2.C16H21NO5P2.C14H12ClO4P.C14H19N3O8P2S.C9H13O4P.C8H11O4P.C5H10NO7P/c1-33(30,31)27-20-10-8-13-23(27)14-12-22-29-26-19-9-11-21-28(26)34(32,24-15-4-2-5-16-24)25-17-6-3-7-18-25;1-23(18,19)15-10-4-2-7-13(15)8-6-12-17-14-9-3-5-11-16(14)24(20,21)22;1-20(17,18)12-9-5-8-11(15)13(12)14(16)19-10-6-3-2-4-7-10;1-10-9-28-13(15-11-3-5-12(6-4-11)17(19)20)16(10)8-7-14(18,26(2,21)22)27(23,24)25;1-2-7-13-8-5-3-4-6-9(8)14(10,11)12;1-13(10,11)6-12-8-5-3-2-4-7(8)9;7-4(8)1-6(2-5(9)10)3-14(11,12)13/h2-11,13,15-21,29H,12,14,22H2,1H3,(H,30,31);2-5,7,9-11,17H,6,8,12H2,1H3,(H,18,19)(H2,20,21,22);2-9H,1H3,(H,17,18);3-6,9,18H,7-8H2,1-2H3,(H3,21,22,23,24,25);3-6H,2,7H2,1H3,(H2,10,11,12);2-5,9H,6H2,1H3,(H,10,11);1-3H2,(H,7,8)(H,9,10)(H2,11,12,13)/p+1. The molecule has 0 amide bonds. The minimum absolute atomic E-state index is 0.00840. The fourth-order valence-corrected chi connectivity index (χ4v) is 26.1. The fraction of sp³-hybridized carbons (Fsp3) is 0.234. The Balaban J connectivity index is 0.000000269. The predicted molar refractivity (Wildman–Crippen MR) is 569 cm³/mol. The van der Waals surface area contributed by atoms with Crippen molar-refractivity contribution in [3.05, 3.63) is 322 Å². The molecule has 12 aromatic rings. The molecule has 1 aromatic heterocycles. The number of para-hydroxylation sites is 6. The first-order valence-electron chi connectivity index (χ1n) is 43.8. The monoisotopic (exact) mass is 2270 g/mol. The molecular formula is C94H116ClN6O35P10S+. The van der Waals surface area contributed by atoms with Crippen LogP contribution in [0.25, 0.3) is 0 Å². The summed E-state index contributed by atoms with van der Waals surface area (Å²) in [5.74, 6) is -2.66. The van der Waals surface area contributed by atoms with Crippen LogP contribution in [0.2, 0.25) is 5.02 Å². The summed E-state index contributed by atoms with van der Waals surface area (Å²) in [4.78, 5) is 164. The summed E-state index contributed by atoms with van der Waals surface area (Å²) < 4.78 is 135. The number of nitrogens with zero attached hydrogens (tertiary/aromatic N) is 3. The summed E-state index contributed by atoms with van der Waals surface area (Å²) in [6.45, 7) is 9.40. The van der Waals surface area contributed by atoms with Gasteiger partial charge in [-0.25, -0.2) is 14.7 Å². The van der Waals surface area contributed by atoms with Gasteiger partial charge in [-0.3, -0.25) is 65.7 Å². The highest BCUT2D eigenvalue weighted by molar-refractivity contribution is 7.85. The molecule has 0 aliphatic carbocycles. The van der Waals surface area contributed by atoms with Crippen LogP contribution >= 0.6 is 97.3 Å². The number of aliphatic hydroxyl groups is 1. The number of nitro groups is 1. The SMILES string of the molecule is CCCOc1ccccc1P(=O)(O)O.CP(=O)(O)COc1ccccc1O.CP(=O)(O)c1cccc(Cl)c1C(=O)Oc1ccccc1.CP(=O)(O)c1ccccc1CCCNc1ccccc1P(=O)(O)O.CP(=O)(O)c1ccccc1CCCNc1ccccc1P(=O)(c1ccccc1)c1ccccc1.Cc1csc(Nc2ccc([N+](=O)[O-])cc2)[n+]1CCC(O)(P(C)(=O)O)P(=O)(O)O.O=C(O)CN(CC(=O)O)CP(=O)(O)O. The minimum atomic E-state index is -5.29. The van der Waals surface area contributed by atoms with E-state index in [9.17, 15) is 120 Å². The maximum atomic E-state index is 14.7. The van der Waals surface area contributed by atoms with Crippen molar-refractivity contribution in [3.8, 4) is 23.0 Å². The number of thiazole rings is 1. The number of halogens is 1. The summed E-state index contributed by atoms with van der Waals surface area (Å²) in [5, 5.41) is 58.9. The van der Waals surface area contributed by atoms with Crippen LogP contribution in [0.15, 0.2) is 284 Å². The average Bonchev–Trinajstić information content (AvgIpc) is 0.935. The van der Waals surface area contributed by atoms with Gasteiger partial charge in [-0.05, 0) is 147 Å². The van der Waals surface area contributed by atoms with E-state index >= 15 is 0 Å². The molecular weight excluding hydrogens is 2150 g/mol. The Bertz CT molecular complexity index is 6770. The number of rotatable bonds is 40. The van der Waals surface area contributed by atoms with Gasteiger partial charge in [0.05, 0.1) is 52.4 Å². The largest absolute Gasteiger partial charge is 0.504 e. The highest BCUT2D eigenvalue weighted by Crippen LogP contribution is 2.69. The van der Waals surface area contributed by atoms with E-state index in [4.69, 9.17) is 60.5 Å². The third kappa shape index (κ3) is 41.5. The number of non-ortho nitro benzene ring substituents is 1. The number of aliphatic carboxylic acids is 2. The van der Waals surface area contributed by atoms with Crippen LogP contribution in [-0.2, 0) is 74.6 Å². The van der Waals surface area contributed by atoms with E-state index in [1.165, 1.54) is 98.1 Å². The van der Waals surface area contributed by atoms with Crippen molar-refractivity contribution in [1.82, 2.24) is 4.90 Å². The van der Waals surface area contributed by atoms with Crippen molar-refractivity contribution in [2.45, 2.75) is 64.0 Å². The number of esters is 1. The molecule has 53 heteroatoms. The van der Waals surface area contributed by atoms with Crippen LogP contribution in [0, 0.1) is 17.0 Å². The van der Waals surface area contributed by atoms with E-state index in [2.05, 4.69) is 16.0 Å². The molecule has 11 aromatic carbocycles. The van der Waals surface area contributed by atoms with Gasteiger partial charge in [0.2, 0.25) is 41.9 Å². The zero-order valence-electron chi connectivity index (χ0n) is 80.1. The van der Waals surface area contributed by atoms with E-state index < -0.39 is 128 Å². The molecule has 794 valence electrons. The molecule has 0 aliphatic rings. The first-order valence-corrected chi connectivity index (χ1v) is 64.2. The third-order valence-corrected chi connectivity index (χ3v) is 36.6. The van der Waals surface area contributed by atoms with E-state index in [1.807, 2.05) is 116 Å². The van der Waals surface area contributed by atoms with Crippen LogP contribution in [0.1, 0.15) is 59.8 Å². The van der Waals surface area contributed by atoms with E-state index in [-0.39, 0.29) is 62.3 Å². The lowest BCUT2D eigenvalue weighted by Gasteiger charge is -2.30. The molecule has 1 heterocycles. The number of carboxylic acid groups (broad SMARTS) is 2. The van der Waals surface area contributed by atoms with Crippen molar-refractivity contribution in [2.24, 2.45) is 0 Å². The Labute approximate surface area is 856 Å².